The van der Waals surface area contributed by atoms with Crippen LogP contribution in [0.15, 0.2) is 25.3 Å². The number of carbonyl (C=O) groups is 3. The van der Waals surface area contributed by atoms with Crippen molar-refractivity contribution < 1.29 is 14.4 Å². The fraction of sp³-hybridized carbons (Fsp3) is 0.529. The second-order valence-corrected chi connectivity index (χ2v) is 10.0. The lowest BCUT2D eigenvalue weighted by Crippen LogP contribution is -2.34. The molecule has 1 saturated heterocycles. The van der Waals surface area contributed by atoms with Crippen LogP contribution in [0.4, 0.5) is 4.79 Å². The Morgan fingerprint density at radius 1 is 1.38 bits per heavy atom. The number of allylic oxidation sites excluding steroid dienone is 1. The fourth-order valence-electron chi connectivity index (χ4n) is 4.04. The van der Waals surface area contributed by atoms with Gasteiger partial charge in [-0.25, -0.2) is 3.21 Å². The second kappa shape index (κ2) is 10.5. The molecule has 1 aliphatic carbocycles. The first-order chi connectivity index (χ1) is 13.7. The predicted molar refractivity (Wildman–Crippen MR) is 131 cm³/mol. The SMILES string of the molecule is CC(C)(/C=C/I)C1CC(C=NI)C2C(=O)N(PC(=O)NC/C(N)=C/NN)C(=O)C21. The topological polar surface area (TPSA) is 143 Å². The summed E-state index contributed by atoms with van der Waals surface area (Å²) in [5.41, 5.74) is 7.57. The van der Waals surface area contributed by atoms with Crippen molar-refractivity contribution in [3.8, 4) is 0 Å². The first kappa shape index (κ1) is 24.5. The van der Waals surface area contributed by atoms with Gasteiger partial charge >= 0.3 is 0 Å². The van der Waals surface area contributed by atoms with Crippen LogP contribution in [0.2, 0.25) is 0 Å². The minimum atomic E-state index is -0.620. The van der Waals surface area contributed by atoms with E-state index in [1.54, 1.807) is 6.21 Å². The molecule has 29 heavy (non-hydrogen) atoms. The molecule has 1 aliphatic heterocycles. The van der Waals surface area contributed by atoms with Gasteiger partial charge in [0.1, 0.15) is 0 Å². The average molecular weight is 646 g/mol. The van der Waals surface area contributed by atoms with E-state index in [1.807, 2.05) is 26.9 Å². The number of imide groups is 1. The lowest BCUT2D eigenvalue weighted by atomic mass is 9.72. The van der Waals surface area contributed by atoms with Gasteiger partial charge in [0, 0.05) is 24.0 Å². The summed E-state index contributed by atoms with van der Waals surface area (Å²) >= 11 is 4.05. The number of halogens is 2. The Morgan fingerprint density at radius 2 is 2.03 bits per heavy atom. The molecular weight excluding hydrogens is 621 g/mol. The summed E-state index contributed by atoms with van der Waals surface area (Å²) in [6, 6.07) is 0. The zero-order valence-corrected chi connectivity index (χ0v) is 21.4. The molecule has 0 aromatic rings. The van der Waals surface area contributed by atoms with E-state index in [2.05, 4.69) is 56.5 Å². The number of hydrogen-bond donors (Lipinski definition) is 4. The van der Waals surface area contributed by atoms with Crippen molar-refractivity contribution in [2.45, 2.75) is 20.3 Å². The highest BCUT2D eigenvalue weighted by atomic mass is 127. The van der Waals surface area contributed by atoms with Gasteiger partial charge in [0.15, 0.2) is 0 Å². The number of nitrogens with two attached hydrogens (primary N) is 2. The fourth-order valence-corrected chi connectivity index (χ4v) is 6.27. The van der Waals surface area contributed by atoms with Gasteiger partial charge in [0.2, 0.25) is 11.8 Å². The third kappa shape index (κ3) is 5.47. The van der Waals surface area contributed by atoms with Crippen LogP contribution in [-0.4, -0.2) is 34.9 Å². The van der Waals surface area contributed by atoms with Gasteiger partial charge in [0.05, 0.1) is 50.0 Å². The summed E-state index contributed by atoms with van der Waals surface area (Å²) in [6.45, 7) is 4.21. The minimum absolute atomic E-state index is 0.0126. The number of nitrogens with one attached hydrogen (secondary N) is 2. The zero-order chi connectivity index (χ0) is 21.8. The van der Waals surface area contributed by atoms with Gasteiger partial charge in [-0.2, -0.15) is 0 Å². The molecule has 160 valence electrons. The highest BCUT2D eigenvalue weighted by Gasteiger charge is 2.61. The quantitative estimate of drug-likeness (QED) is 0.0796. The van der Waals surface area contributed by atoms with Crippen LogP contribution >= 0.6 is 54.2 Å². The van der Waals surface area contributed by atoms with Gasteiger partial charge in [0.25, 0.3) is 5.65 Å². The summed E-state index contributed by atoms with van der Waals surface area (Å²) in [5.74, 6) is 3.51. The molecule has 1 saturated carbocycles. The number of carbonyl (C=O) groups excluding carboxylic acids is 3. The van der Waals surface area contributed by atoms with Crippen LogP contribution in [0.25, 0.3) is 0 Å². The van der Waals surface area contributed by atoms with Crippen LogP contribution in [0.3, 0.4) is 0 Å². The Kier molecular flexibility index (Phi) is 8.86. The average Bonchev–Trinajstić information content (AvgIpc) is 3.14. The van der Waals surface area contributed by atoms with Crippen molar-refractivity contribution in [2.75, 3.05) is 6.54 Å². The van der Waals surface area contributed by atoms with Gasteiger partial charge in [-0.1, -0.05) is 42.5 Å². The van der Waals surface area contributed by atoms with Crippen molar-refractivity contribution in [3.63, 3.8) is 0 Å². The molecular formula is C17H25I2N6O3P. The Bertz CT molecular complexity index is 757. The Labute approximate surface area is 199 Å². The molecule has 6 N–H and O–H groups in total. The predicted octanol–water partition coefficient (Wildman–Crippen LogP) is 2.19. The molecule has 0 aromatic heterocycles. The molecule has 0 bridgehead atoms. The highest BCUT2D eigenvalue weighted by molar-refractivity contribution is 14.1. The first-order valence-corrected chi connectivity index (χ1v) is 12.1. The molecule has 0 radical (unpaired) electrons. The van der Waals surface area contributed by atoms with E-state index in [0.717, 1.165) is 4.67 Å². The molecule has 2 aliphatic rings. The summed E-state index contributed by atoms with van der Waals surface area (Å²) in [4.78, 5) is 38.5. The first-order valence-electron chi connectivity index (χ1n) is 8.93. The van der Waals surface area contributed by atoms with Crippen LogP contribution in [-0.2, 0) is 9.59 Å². The normalized spacial score (nSPS) is 28.3. The maximum absolute atomic E-state index is 13.2. The molecule has 9 nitrogen and oxygen atoms in total. The zero-order valence-electron chi connectivity index (χ0n) is 16.1. The van der Waals surface area contributed by atoms with Crippen molar-refractivity contribution >= 4 is 77.9 Å². The maximum atomic E-state index is 13.2. The van der Waals surface area contributed by atoms with E-state index < -0.39 is 26.2 Å². The number of rotatable bonds is 8. The van der Waals surface area contributed by atoms with Crippen LogP contribution < -0.4 is 22.3 Å². The lowest BCUT2D eigenvalue weighted by Gasteiger charge is -2.32. The molecule has 2 fully saturated rings. The number of nitrogens with zero attached hydrogens (tertiary/aromatic N) is 2. The maximum Gasteiger partial charge on any atom is 0.259 e. The van der Waals surface area contributed by atoms with Crippen molar-refractivity contribution in [1.29, 1.82) is 0 Å². The third-order valence-electron chi connectivity index (χ3n) is 5.45. The molecule has 0 aromatic carbocycles. The number of fused-ring (bicyclic) bond motifs is 1. The highest BCUT2D eigenvalue weighted by Crippen LogP contribution is 2.55. The van der Waals surface area contributed by atoms with Crippen LogP contribution in [0.1, 0.15) is 20.3 Å². The van der Waals surface area contributed by atoms with E-state index in [9.17, 15) is 14.4 Å². The summed E-state index contributed by atoms with van der Waals surface area (Å²) in [5, 5.41) is 2.60. The van der Waals surface area contributed by atoms with E-state index in [-0.39, 0.29) is 35.6 Å². The smallest absolute Gasteiger partial charge is 0.259 e. The van der Waals surface area contributed by atoms with Crippen LogP contribution in [0, 0.1) is 29.1 Å². The van der Waals surface area contributed by atoms with E-state index in [4.69, 9.17) is 11.6 Å². The van der Waals surface area contributed by atoms with E-state index in [1.165, 1.54) is 6.20 Å². The van der Waals surface area contributed by atoms with Crippen LogP contribution in [0.5, 0.6) is 0 Å². The Morgan fingerprint density at radius 3 is 2.62 bits per heavy atom. The largest absolute Gasteiger partial charge is 0.399 e. The molecule has 5 atom stereocenters. The molecule has 0 spiro atoms. The van der Waals surface area contributed by atoms with Gasteiger partial charge < -0.3 is 16.5 Å². The summed E-state index contributed by atoms with van der Waals surface area (Å²) in [6.07, 6.45) is 5.88. The number of amides is 3. The van der Waals surface area contributed by atoms with E-state index in [0.29, 0.717) is 12.1 Å². The molecule has 1 heterocycles. The lowest BCUT2D eigenvalue weighted by molar-refractivity contribution is -0.134. The molecule has 3 amide bonds. The Hall–Kier alpha value is -0.790. The standard InChI is InChI=1S/C17H25I2N6O3P/c1-17(2,3-4-18)11-5-9(6-23-19)12-13(11)15(27)25(14(12)26)29-16(28)22-7-10(20)8-24-21/h3-4,6,8-9,11-13,24,29H,5,7,20-21H2,1-2H3,(H,22,28)/b4-3+,10-8-,23-6?. The number of hydrazine groups is 1. The summed E-state index contributed by atoms with van der Waals surface area (Å²) < 4.78 is 7.13. The van der Waals surface area contributed by atoms with Crippen molar-refractivity contribution in [2.24, 2.45) is 43.9 Å². The van der Waals surface area contributed by atoms with Crippen molar-refractivity contribution in [1.82, 2.24) is 15.4 Å². The molecule has 5 unspecified atom stereocenters. The minimum Gasteiger partial charge on any atom is -0.399 e. The van der Waals surface area contributed by atoms with Gasteiger partial charge in [-0.05, 0) is 21.8 Å². The summed E-state index contributed by atoms with van der Waals surface area (Å²) in [7, 11) is -0.620. The third-order valence-corrected chi connectivity index (χ3v) is 7.18. The Balaban J connectivity index is 2.21. The molecule has 12 heteroatoms. The van der Waals surface area contributed by atoms with E-state index >= 15 is 0 Å². The van der Waals surface area contributed by atoms with Gasteiger partial charge in [-0.15, -0.1) is 0 Å². The van der Waals surface area contributed by atoms with Gasteiger partial charge in [-0.3, -0.25) is 24.9 Å². The monoisotopic (exact) mass is 646 g/mol. The second-order valence-electron chi connectivity index (χ2n) is 7.61. The molecule has 2 rings (SSSR count). The van der Waals surface area contributed by atoms with Crippen molar-refractivity contribution in [3.05, 3.63) is 22.1 Å². The number of hydrogen-bond acceptors (Lipinski definition) is 7.